The Morgan fingerprint density at radius 3 is 2.42 bits per heavy atom. The van der Waals surface area contributed by atoms with E-state index in [1.54, 1.807) is 16.0 Å². The molecule has 0 radical (unpaired) electrons. The fraction of sp³-hybridized carbons (Fsp3) is 0.688. The van der Waals surface area contributed by atoms with Crippen LogP contribution < -0.4 is 0 Å². The quantitative estimate of drug-likeness (QED) is 0.845. The molecule has 2 N–H and O–H groups in total. The van der Waals surface area contributed by atoms with Crippen LogP contribution in [0.3, 0.4) is 0 Å². The highest BCUT2D eigenvalue weighted by atomic mass is 32.1. The molecule has 0 bridgehead atoms. The molecule has 1 aliphatic carbocycles. The number of aliphatic hydroxyl groups is 1. The molecule has 1 fully saturated rings. The van der Waals surface area contributed by atoms with Gasteiger partial charge in [0, 0.05) is 24.5 Å². The Kier molecular flexibility index (Phi) is 6.65. The molecule has 3 rings (SSSR count). The second kappa shape index (κ2) is 8.31. The van der Waals surface area contributed by atoms with E-state index < -0.39 is 12.1 Å². The summed E-state index contributed by atoms with van der Waals surface area (Å²) < 4.78 is 31.7. The number of aryl methyl sites for hydroxylation is 1. The van der Waals surface area contributed by atoms with E-state index in [4.69, 9.17) is 9.90 Å². The van der Waals surface area contributed by atoms with E-state index in [1.807, 2.05) is 11.3 Å². The Morgan fingerprint density at radius 1 is 1.25 bits per heavy atom. The number of halogens is 3. The van der Waals surface area contributed by atoms with Gasteiger partial charge in [-0.3, -0.25) is 4.90 Å². The predicted octanol–water partition coefficient (Wildman–Crippen LogP) is 3.22. The Labute approximate surface area is 142 Å². The van der Waals surface area contributed by atoms with Crippen LogP contribution in [0, 0.1) is 0 Å². The Hall–Kier alpha value is -1.12. The van der Waals surface area contributed by atoms with E-state index in [1.165, 1.54) is 25.7 Å². The lowest BCUT2D eigenvalue weighted by Gasteiger charge is -2.29. The van der Waals surface area contributed by atoms with Crippen LogP contribution in [0.2, 0.25) is 0 Å². The fourth-order valence-corrected chi connectivity index (χ4v) is 4.15. The van der Waals surface area contributed by atoms with Gasteiger partial charge in [0.05, 0.1) is 6.10 Å². The van der Waals surface area contributed by atoms with Gasteiger partial charge in [-0.1, -0.05) is 0 Å². The molecule has 2 heterocycles. The van der Waals surface area contributed by atoms with Crippen LogP contribution in [0.5, 0.6) is 0 Å². The lowest BCUT2D eigenvalue weighted by atomic mass is 9.95. The summed E-state index contributed by atoms with van der Waals surface area (Å²) in [6.45, 7) is 3.23. The lowest BCUT2D eigenvalue weighted by molar-refractivity contribution is -0.192. The van der Waals surface area contributed by atoms with Crippen molar-refractivity contribution >= 4 is 17.3 Å². The minimum Gasteiger partial charge on any atom is -0.475 e. The third-order valence-electron chi connectivity index (χ3n) is 4.34. The number of hydrogen-bond donors (Lipinski definition) is 2. The summed E-state index contributed by atoms with van der Waals surface area (Å²) in [5.41, 5.74) is 3.23. The number of alkyl halides is 3. The van der Waals surface area contributed by atoms with E-state index in [2.05, 4.69) is 10.3 Å². The molecule has 8 heteroatoms. The van der Waals surface area contributed by atoms with Gasteiger partial charge in [0.2, 0.25) is 0 Å². The molecule has 2 aliphatic rings. The van der Waals surface area contributed by atoms with Crippen LogP contribution in [0.1, 0.15) is 41.7 Å². The third-order valence-corrected chi connectivity index (χ3v) is 5.48. The van der Waals surface area contributed by atoms with Crippen molar-refractivity contribution in [3.63, 3.8) is 0 Å². The molecule has 1 saturated heterocycles. The normalized spacial score (nSPS) is 19.3. The summed E-state index contributed by atoms with van der Waals surface area (Å²) in [5, 5.41) is 19.0. The van der Waals surface area contributed by atoms with Gasteiger partial charge in [-0.15, -0.1) is 11.3 Å². The number of nitrogens with zero attached hydrogens (tertiary/aromatic N) is 1. The highest BCUT2D eigenvalue weighted by Crippen LogP contribution is 2.31. The van der Waals surface area contributed by atoms with Gasteiger partial charge in [0.1, 0.15) is 0 Å². The summed E-state index contributed by atoms with van der Waals surface area (Å²) in [4.78, 5) is 13.0. The van der Waals surface area contributed by atoms with Gasteiger partial charge >= 0.3 is 12.1 Å². The first-order valence-electron chi connectivity index (χ1n) is 8.06. The molecule has 24 heavy (non-hydrogen) atoms. The maximum Gasteiger partial charge on any atom is 0.490 e. The standard InChI is InChI=1S/C14H21NOS.C2HF3O2/c16-12-5-7-15(8-6-12)9-11-10-17-14-4-2-1-3-13(11)14;3-2(4,5)1(6)7/h10,12,16H,1-9H2;(H,6,7). The maximum atomic E-state index is 10.6. The summed E-state index contributed by atoms with van der Waals surface area (Å²) in [6.07, 6.45) is 2.11. The second-order valence-electron chi connectivity index (χ2n) is 6.18. The van der Waals surface area contributed by atoms with Crippen molar-refractivity contribution in [1.29, 1.82) is 0 Å². The van der Waals surface area contributed by atoms with E-state index >= 15 is 0 Å². The number of carboxylic acids is 1. The van der Waals surface area contributed by atoms with Crippen LogP contribution in [0.4, 0.5) is 13.2 Å². The Balaban J connectivity index is 0.000000256. The SMILES string of the molecule is O=C(O)C(F)(F)F.OC1CCN(Cc2csc3c2CCCC3)CC1. The minimum atomic E-state index is -5.08. The first-order chi connectivity index (χ1) is 11.3. The third kappa shape index (κ3) is 5.46. The van der Waals surface area contributed by atoms with Crippen molar-refractivity contribution in [2.75, 3.05) is 13.1 Å². The van der Waals surface area contributed by atoms with Crippen molar-refractivity contribution in [3.8, 4) is 0 Å². The maximum absolute atomic E-state index is 10.6. The fourth-order valence-electron chi connectivity index (χ4n) is 3.01. The average molecular weight is 365 g/mol. The molecule has 136 valence electrons. The van der Waals surface area contributed by atoms with E-state index in [9.17, 15) is 18.3 Å². The van der Waals surface area contributed by atoms with Crippen LogP contribution in [0.15, 0.2) is 5.38 Å². The van der Waals surface area contributed by atoms with E-state index in [0.29, 0.717) is 0 Å². The zero-order valence-electron chi connectivity index (χ0n) is 13.3. The number of carbonyl (C=O) groups is 1. The van der Waals surface area contributed by atoms with Crippen molar-refractivity contribution in [2.24, 2.45) is 0 Å². The van der Waals surface area contributed by atoms with Gasteiger partial charge in [-0.2, -0.15) is 13.2 Å². The van der Waals surface area contributed by atoms with Gasteiger partial charge in [0.25, 0.3) is 0 Å². The number of aliphatic hydroxyl groups excluding tert-OH is 1. The summed E-state index contributed by atoms with van der Waals surface area (Å²) in [7, 11) is 0. The van der Waals surface area contributed by atoms with E-state index in [0.717, 1.165) is 32.5 Å². The van der Waals surface area contributed by atoms with Gasteiger partial charge in [0.15, 0.2) is 0 Å². The molecule has 1 aliphatic heterocycles. The number of hydrogen-bond acceptors (Lipinski definition) is 4. The topological polar surface area (TPSA) is 60.8 Å². The largest absolute Gasteiger partial charge is 0.490 e. The molecule has 0 spiro atoms. The lowest BCUT2D eigenvalue weighted by Crippen LogP contribution is -2.35. The number of fused-ring (bicyclic) bond motifs is 1. The zero-order valence-corrected chi connectivity index (χ0v) is 14.1. The minimum absolute atomic E-state index is 0.0531. The van der Waals surface area contributed by atoms with Crippen LogP contribution in [-0.2, 0) is 24.2 Å². The van der Waals surface area contributed by atoms with Gasteiger partial charge < -0.3 is 10.2 Å². The molecule has 0 unspecified atom stereocenters. The van der Waals surface area contributed by atoms with Crippen LogP contribution in [0.25, 0.3) is 0 Å². The van der Waals surface area contributed by atoms with Crippen LogP contribution in [-0.4, -0.2) is 46.5 Å². The summed E-state index contributed by atoms with van der Waals surface area (Å²) >= 11 is 1.97. The van der Waals surface area contributed by atoms with Crippen LogP contribution >= 0.6 is 11.3 Å². The average Bonchev–Trinajstić information content (AvgIpc) is 2.93. The molecule has 0 saturated carbocycles. The predicted molar refractivity (Wildman–Crippen MR) is 85.2 cm³/mol. The smallest absolute Gasteiger partial charge is 0.475 e. The first-order valence-corrected chi connectivity index (χ1v) is 8.94. The molecule has 0 atom stereocenters. The number of thiophene rings is 1. The second-order valence-corrected chi connectivity index (χ2v) is 7.14. The Morgan fingerprint density at radius 2 is 1.83 bits per heavy atom. The Bertz CT molecular complexity index is 551. The van der Waals surface area contributed by atoms with Gasteiger partial charge in [-0.05, 0) is 55.0 Å². The van der Waals surface area contributed by atoms with E-state index in [-0.39, 0.29) is 6.10 Å². The number of likely N-dealkylation sites (tertiary alicyclic amines) is 1. The monoisotopic (exact) mass is 365 g/mol. The number of piperidine rings is 1. The molecular formula is C16H22F3NO3S. The molecule has 1 aromatic heterocycles. The summed E-state index contributed by atoms with van der Waals surface area (Å²) in [5.74, 6) is -2.76. The van der Waals surface area contributed by atoms with Crippen molar-refractivity contribution in [3.05, 3.63) is 21.4 Å². The molecule has 4 nitrogen and oxygen atoms in total. The summed E-state index contributed by atoms with van der Waals surface area (Å²) in [6, 6.07) is 0. The highest BCUT2D eigenvalue weighted by molar-refractivity contribution is 7.10. The molecular weight excluding hydrogens is 343 g/mol. The van der Waals surface area contributed by atoms with Gasteiger partial charge in [-0.25, -0.2) is 4.79 Å². The number of rotatable bonds is 2. The first kappa shape index (κ1) is 19.2. The molecule has 0 aromatic carbocycles. The number of carboxylic acid groups (broad SMARTS) is 1. The number of aliphatic carboxylic acids is 1. The van der Waals surface area contributed by atoms with Crippen molar-refractivity contribution in [1.82, 2.24) is 4.90 Å². The van der Waals surface area contributed by atoms with Crippen molar-refractivity contribution < 1.29 is 28.2 Å². The zero-order chi connectivity index (χ0) is 17.7. The van der Waals surface area contributed by atoms with Crippen molar-refractivity contribution in [2.45, 2.75) is 57.3 Å². The highest BCUT2D eigenvalue weighted by Gasteiger charge is 2.38. The molecule has 1 aromatic rings. The molecule has 0 amide bonds.